The predicted molar refractivity (Wildman–Crippen MR) is 63.0 cm³/mol. The van der Waals surface area contributed by atoms with Gasteiger partial charge in [0.2, 0.25) is 6.08 Å². The van der Waals surface area contributed by atoms with Crippen molar-refractivity contribution >= 4 is 11.8 Å². The summed E-state index contributed by atoms with van der Waals surface area (Å²) < 4.78 is 0. The van der Waals surface area contributed by atoms with E-state index < -0.39 is 0 Å². The Morgan fingerprint density at radius 2 is 1.44 bits per heavy atom. The van der Waals surface area contributed by atoms with Gasteiger partial charge in [-0.05, 0) is 73.3 Å². The molecule has 0 bridgehead atoms. The van der Waals surface area contributed by atoms with Crippen molar-refractivity contribution in [2.45, 2.75) is 45.4 Å². The number of hydrogen-bond donors (Lipinski definition) is 0. The molecular formula is C14H15NO. The Labute approximate surface area is 95.4 Å². The lowest BCUT2D eigenvalue weighted by atomic mass is 9.93. The number of isocyanates is 1. The number of fused-ring (bicyclic) bond motifs is 2. The van der Waals surface area contributed by atoms with Crippen LogP contribution in [0.5, 0.6) is 0 Å². The molecule has 0 aliphatic heterocycles. The third-order valence-corrected chi connectivity index (χ3v) is 4.07. The first-order valence-corrected chi connectivity index (χ1v) is 6.07. The lowest BCUT2D eigenvalue weighted by Gasteiger charge is -2.14. The van der Waals surface area contributed by atoms with Crippen molar-refractivity contribution in [3.63, 3.8) is 0 Å². The van der Waals surface area contributed by atoms with Crippen LogP contribution in [0.15, 0.2) is 4.99 Å². The molecule has 0 atom stereocenters. The van der Waals surface area contributed by atoms with Crippen molar-refractivity contribution < 1.29 is 4.79 Å². The molecule has 3 rings (SSSR count). The van der Waals surface area contributed by atoms with Crippen molar-refractivity contribution in [3.05, 3.63) is 27.8 Å². The first-order chi connectivity index (χ1) is 7.83. The minimum atomic E-state index is 0.973. The van der Waals surface area contributed by atoms with E-state index >= 15 is 0 Å². The van der Waals surface area contributed by atoms with Crippen molar-refractivity contribution in [1.29, 1.82) is 0 Å². The first kappa shape index (κ1) is 9.80. The zero-order valence-electron chi connectivity index (χ0n) is 9.60. The summed E-state index contributed by atoms with van der Waals surface area (Å²) in [5.41, 5.74) is 8.05. The second kappa shape index (κ2) is 3.57. The average molecular weight is 213 g/mol. The van der Waals surface area contributed by atoms with Gasteiger partial charge >= 0.3 is 0 Å². The predicted octanol–water partition coefficient (Wildman–Crippen LogP) is 2.94. The zero-order chi connectivity index (χ0) is 11.1. The minimum absolute atomic E-state index is 0.973. The van der Waals surface area contributed by atoms with Crippen LogP contribution in [0.3, 0.4) is 0 Å². The average Bonchev–Trinajstić information content (AvgIpc) is 2.92. The normalized spacial score (nSPS) is 16.8. The summed E-state index contributed by atoms with van der Waals surface area (Å²) in [6.45, 7) is 2.24. The topological polar surface area (TPSA) is 29.4 Å². The second-order valence-corrected chi connectivity index (χ2v) is 4.80. The molecule has 2 aliphatic rings. The molecule has 2 aliphatic carbocycles. The van der Waals surface area contributed by atoms with E-state index in [2.05, 4.69) is 11.9 Å². The summed E-state index contributed by atoms with van der Waals surface area (Å²) in [6, 6.07) is 0. The summed E-state index contributed by atoms with van der Waals surface area (Å²) in [5.74, 6) is 0. The maximum atomic E-state index is 10.6. The van der Waals surface area contributed by atoms with Gasteiger partial charge in [0, 0.05) is 0 Å². The molecule has 0 spiro atoms. The highest BCUT2D eigenvalue weighted by Gasteiger charge is 2.26. The van der Waals surface area contributed by atoms with Gasteiger partial charge in [0.15, 0.2) is 0 Å². The Balaban J connectivity index is 2.35. The van der Waals surface area contributed by atoms with Crippen molar-refractivity contribution in [3.8, 4) is 0 Å². The fourth-order valence-corrected chi connectivity index (χ4v) is 3.38. The van der Waals surface area contributed by atoms with Crippen molar-refractivity contribution in [1.82, 2.24) is 0 Å². The third-order valence-electron chi connectivity index (χ3n) is 4.07. The zero-order valence-corrected chi connectivity index (χ0v) is 9.60. The lowest BCUT2D eigenvalue weighted by Crippen LogP contribution is -1.97. The number of rotatable bonds is 1. The van der Waals surface area contributed by atoms with Gasteiger partial charge in [-0.1, -0.05) is 0 Å². The molecular weight excluding hydrogens is 198 g/mol. The van der Waals surface area contributed by atoms with Gasteiger partial charge in [0.05, 0.1) is 5.69 Å². The highest BCUT2D eigenvalue weighted by molar-refractivity contribution is 5.68. The summed E-state index contributed by atoms with van der Waals surface area (Å²) >= 11 is 0. The lowest BCUT2D eigenvalue weighted by molar-refractivity contribution is 0.565. The Morgan fingerprint density at radius 1 is 0.938 bits per heavy atom. The quantitative estimate of drug-likeness (QED) is 0.521. The molecule has 0 fully saturated rings. The van der Waals surface area contributed by atoms with Crippen molar-refractivity contribution in [2.75, 3.05) is 0 Å². The van der Waals surface area contributed by atoms with E-state index in [0.29, 0.717) is 0 Å². The standard InChI is InChI=1S/C14H15NO/c1-9-10-4-2-6-12(10)14(15-8-16)13-7-3-5-11(9)13/h2-7H2,1H3. The highest BCUT2D eigenvalue weighted by atomic mass is 16.1. The maximum Gasteiger partial charge on any atom is 0.240 e. The SMILES string of the molecule is Cc1c2c(c(N=C=O)c3c1CCC3)CCC2. The Morgan fingerprint density at radius 3 is 1.94 bits per heavy atom. The number of nitrogens with zero attached hydrogens (tertiary/aromatic N) is 1. The number of hydrogen-bond acceptors (Lipinski definition) is 2. The number of carbonyl (C=O) groups excluding carboxylic acids is 1. The number of benzene rings is 1. The van der Waals surface area contributed by atoms with Crippen LogP contribution in [0.1, 0.15) is 40.7 Å². The smallest absolute Gasteiger partial charge is 0.211 e. The van der Waals surface area contributed by atoms with E-state index in [0.717, 1.165) is 31.4 Å². The van der Waals surface area contributed by atoms with Gasteiger partial charge in [0.25, 0.3) is 0 Å². The van der Waals surface area contributed by atoms with Crippen LogP contribution in [0.2, 0.25) is 0 Å². The third kappa shape index (κ3) is 1.20. The second-order valence-electron chi connectivity index (χ2n) is 4.80. The molecule has 0 radical (unpaired) electrons. The van der Waals surface area contributed by atoms with Gasteiger partial charge in [-0.3, -0.25) is 0 Å². The summed E-state index contributed by atoms with van der Waals surface area (Å²) in [6.07, 6.45) is 8.66. The molecule has 82 valence electrons. The van der Waals surface area contributed by atoms with Gasteiger partial charge in [-0.25, -0.2) is 4.79 Å². The molecule has 0 heterocycles. The number of aliphatic imine (C=N–C) groups is 1. The fraction of sp³-hybridized carbons (Fsp3) is 0.500. The van der Waals surface area contributed by atoms with E-state index in [-0.39, 0.29) is 0 Å². The van der Waals surface area contributed by atoms with E-state index in [1.807, 2.05) is 0 Å². The van der Waals surface area contributed by atoms with Crippen LogP contribution in [0.4, 0.5) is 5.69 Å². The van der Waals surface area contributed by atoms with Crippen LogP contribution < -0.4 is 0 Å². The highest BCUT2D eigenvalue weighted by Crippen LogP contribution is 2.42. The molecule has 0 amide bonds. The van der Waals surface area contributed by atoms with E-state index in [1.54, 1.807) is 6.08 Å². The van der Waals surface area contributed by atoms with Crippen LogP contribution in [0, 0.1) is 6.92 Å². The maximum absolute atomic E-state index is 10.6. The molecule has 1 aromatic rings. The molecule has 0 saturated carbocycles. The minimum Gasteiger partial charge on any atom is -0.211 e. The van der Waals surface area contributed by atoms with Gasteiger partial charge in [0.1, 0.15) is 0 Å². The van der Waals surface area contributed by atoms with Gasteiger partial charge in [-0.15, -0.1) is 0 Å². The molecule has 2 heteroatoms. The Kier molecular flexibility index (Phi) is 2.19. The van der Waals surface area contributed by atoms with Crippen molar-refractivity contribution in [2.24, 2.45) is 4.99 Å². The fourth-order valence-electron chi connectivity index (χ4n) is 3.38. The molecule has 1 aromatic carbocycles. The molecule has 0 unspecified atom stereocenters. The van der Waals surface area contributed by atoms with Crippen LogP contribution in [0.25, 0.3) is 0 Å². The Hall–Kier alpha value is -1.40. The van der Waals surface area contributed by atoms with Gasteiger partial charge in [-0.2, -0.15) is 4.99 Å². The molecule has 0 N–H and O–H groups in total. The van der Waals surface area contributed by atoms with Crippen LogP contribution in [-0.2, 0) is 30.5 Å². The molecule has 2 nitrogen and oxygen atoms in total. The van der Waals surface area contributed by atoms with Crippen LogP contribution >= 0.6 is 0 Å². The van der Waals surface area contributed by atoms with E-state index in [1.165, 1.54) is 40.7 Å². The monoisotopic (exact) mass is 213 g/mol. The molecule has 0 aromatic heterocycles. The van der Waals surface area contributed by atoms with E-state index in [4.69, 9.17) is 0 Å². The molecule has 0 saturated heterocycles. The van der Waals surface area contributed by atoms with Gasteiger partial charge < -0.3 is 0 Å². The largest absolute Gasteiger partial charge is 0.240 e. The summed E-state index contributed by atoms with van der Waals surface area (Å²) in [7, 11) is 0. The Bertz CT molecular complexity index is 475. The van der Waals surface area contributed by atoms with E-state index in [9.17, 15) is 4.79 Å². The summed E-state index contributed by atoms with van der Waals surface area (Å²) in [4.78, 5) is 14.6. The summed E-state index contributed by atoms with van der Waals surface area (Å²) in [5, 5.41) is 0. The van der Waals surface area contributed by atoms with Crippen LogP contribution in [-0.4, -0.2) is 6.08 Å². The first-order valence-electron chi connectivity index (χ1n) is 6.07. The molecule has 16 heavy (non-hydrogen) atoms.